The summed E-state index contributed by atoms with van der Waals surface area (Å²) in [5.74, 6) is 0.240. The molecule has 0 N–H and O–H groups in total. The van der Waals surface area contributed by atoms with E-state index < -0.39 is 0 Å². The van der Waals surface area contributed by atoms with Crippen LogP contribution >= 0.6 is 0 Å². The van der Waals surface area contributed by atoms with E-state index in [2.05, 4.69) is 6.92 Å². The number of morpholine rings is 1. The van der Waals surface area contributed by atoms with Gasteiger partial charge in [-0.3, -0.25) is 4.79 Å². The molecule has 16 heavy (non-hydrogen) atoms. The molecule has 0 bridgehead atoms. The van der Waals surface area contributed by atoms with E-state index in [1.165, 1.54) is 0 Å². The lowest BCUT2D eigenvalue weighted by atomic mass is 9.94. The molecule has 0 aromatic rings. The molecule has 0 spiro atoms. The normalized spacial score (nSPS) is 26.9. The maximum atomic E-state index is 12.2. The number of amides is 1. The minimum Gasteiger partial charge on any atom is -0.372 e. The highest BCUT2D eigenvalue weighted by Crippen LogP contribution is 2.22. The van der Waals surface area contributed by atoms with Crippen LogP contribution in [-0.2, 0) is 9.53 Å². The van der Waals surface area contributed by atoms with E-state index in [4.69, 9.17) is 4.74 Å². The van der Waals surface area contributed by atoms with E-state index in [0.717, 1.165) is 25.9 Å². The van der Waals surface area contributed by atoms with Gasteiger partial charge in [0, 0.05) is 18.5 Å². The van der Waals surface area contributed by atoms with Crippen LogP contribution in [0.2, 0.25) is 0 Å². The van der Waals surface area contributed by atoms with E-state index >= 15 is 0 Å². The van der Waals surface area contributed by atoms with Crippen LogP contribution in [0, 0.1) is 5.41 Å². The highest BCUT2D eigenvalue weighted by atomic mass is 16.5. The first-order chi connectivity index (χ1) is 7.34. The summed E-state index contributed by atoms with van der Waals surface area (Å²) in [6.07, 6.45) is 2.53. The molecule has 1 saturated heterocycles. The van der Waals surface area contributed by atoms with Crippen LogP contribution in [0.1, 0.15) is 47.5 Å². The molecule has 2 atom stereocenters. The molecule has 2 unspecified atom stereocenters. The summed E-state index contributed by atoms with van der Waals surface area (Å²) in [6.45, 7) is 11.6. The summed E-state index contributed by atoms with van der Waals surface area (Å²) < 4.78 is 5.83. The van der Waals surface area contributed by atoms with E-state index in [1.807, 2.05) is 32.6 Å². The van der Waals surface area contributed by atoms with Crippen LogP contribution in [0.5, 0.6) is 0 Å². The molecule has 1 heterocycles. The van der Waals surface area contributed by atoms with E-state index in [0.29, 0.717) is 0 Å². The Bertz CT molecular complexity index is 245. The smallest absolute Gasteiger partial charge is 0.228 e. The van der Waals surface area contributed by atoms with Crippen molar-refractivity contribution in [3.8, 4) is 0 Å². The first kappa shape index (κ1) is 13.5. The summed E-state index contributed by atoms with van der Waals surface area (Å²) in [5, 5.41) is 0. The second-order valence-electron chi connectivity index (χ2n) is 5.82. The third-order valence-corrected chi connectivity index (χ3v) is 2.87. The van der Waals surface area contributed by atoms with Crippen molar-refractivity contribution in [2.45, 2.75) is 59.7 Å². The van der Waals surface area contributed by atoms with Gasteiger partial charge in [0.15, 0.2) is 0 Å². The van der Waals surface area contributed by atoms with Crippen LogP contribution in [0.15, 0.2) is 0 Å². The number of carbonyl (C=O) groups is 1. The van der Waals surface area contributed by atoms with Gasteiger partial charge in [-0.1, -0.05) is 34.1 Å². The lowest BCUT2D eigenvalue weighted by Crippen LogP contribution is -2.52. The van der Waals surface area contributed by atoms with E-state index in [9.17, 15) is 4.79 Å². The van der Waals surface area contributed by atoms with Gasteiger partial charge in [0.25, 0.3) is 0 Å². The van der Waals surface area contributed by atoms with Gasteiger partial charge in [-0.05, 0) is 13.3 Å². The van der Waals surface area contributed by atoms with Crippen LogP contribution in [0.25, 0.3) is 0 Å². The van der Waals surface area contributed by atoms with Crippen LogP contribution in [-0.4, -0.2) is 36.1 Å². The molecule has 1 fully saturated rings. The molecule has 1 aliphatic rings. The fourth-order valence-electron chi connectivity index (χ4n) is 2.17. The van der Waals surface area contributed by atoms with Crippen LogP contribution in [0.4, 0.5) is 0 Å². The number of hydrogen-bond acceptors (Lipinski definition) is 2. The van der Waals surface area contributed by atoms with Gasteiger partial charge >= 0.3 is 0 Å². The van der Waals surface area contributed by atoms with Crippen molar-refractivity contribution in [3.63, 3.8) is 0 Å². The Hall–Kier alpha value is -0.570. The first-order valence-corrected chi connectivity index (χ1v) is 6.29. The number of carbonyl (C=O) groups excluding carboxylic acids is 1. The van der Waals surface area contributed by atoms with Gasteiger partial charge in [0.05, 0.1) is 12.2 Å². The number of rotatable bonds is 2. The Balaban J connectivity index is 2.63. The topological polar surface area (TPSA) is 29.5 Å². The highest BCUT2D eigenvalue weighted by molar-refractivity contribution is 5.81. The third kappa shape index (κ3) is 3.48. The Morgan fingerprint density at radius 3 is 2.50 bits per heavy atom. The van der Waals surface area contributed by atoms with Gasteiger partial charge in [-0.25, -0.2) is 0 Å². The Kier molecular flexibility index (Phi) is 4.36. The second-order valence-corrected chi connectivity index (χ2v) is 5.82. The first-order valence-electron chi connectivity index (χ1n) is 6.29. The fraction of sp³-hybridized carbons (Fsp3) is 0.923. The SMILES string of the molecule is CCCC1CN(C(=O)C(C)(C)C)CC(C)O1. The predicted octanol–water partition coefficient (Wildman–Crippen LogP) is 2.45. The molecular weight excluding hydrogens is 202 g/mol. The van der Waals surface area contributed by atoms with Crippen molar-refractivity contribution >= 4 is 5.91 Å². The van der Waals surface area contributed by atoms with Gasteiger partial charge < -0.3 is 9.64 Å². The minimum atomic E-state index is -0.284. The largest absolute Gasteiger partial charge is 0.372 e. The summed E-state index contributed by atoms with van der Waals surface area (Å²) in [4.78, 5) is 14.2. The summed E-state index contributed by atoms with van der Waals surface area (Å²) in [5.41, 5.74) is -0.284. The molecule has 0 saturated carbocycles. The predicted molar refractivity (Wildman–Crippen MR) is 65.3 cm³/mol. The van der Waals surface area contributed by atoms with Gasteiger partial charge in [-0.2, -0.15) is 0 Å². The average molecular weight is 227 g/mol. The zero-order valence-corrected chi connectivity index (χ0v) is 11.2. The second kappa shape index (κ2) is 5.17. The standard InChI is InChI=1S/C13H25NO2/c1-6-7-11-9-14(8-10(2)16-11)12(15)13(3,4)5/h10-11H,6-9H2,1-5H3. The molecule has 0 aromatic carbocycles. The lowest BCUT2D eigenvalue weighted by molar-refractivity contribution is -0.152. The monoisotopic (exact) mass is 227 g/mol. The minimum absolute atomic E-state index is 0.164. The molecule has 3 heteroatoms. The molecule has 0 radical (unpaired) electrons. The van der Waals surface area contributed by atoms with Crippen molar-refractivity contribution in [2.75, 3.05) is 13.1 Å². The zero-order valence-electron chi connectivity index (χ0n) is 11.2. The quantitative estimate of drug-likeness (QED) is 0.725. The molecule has 3 nitrogen and oxygen atoms in total. The Labute approximate surface area is 99.1 Å². The van der Waals surface area contributed by atoms with Crippen molar-refractivity contribution in [1.29, 1.82) is 0 Å². The number of hydrogen-bond donors (Lipinski definition) is 0. The molecule has 1 aliphatic heterocycles. The number of nitrogens with zero attached hydrogens (tertiary/aromatic N) is 1. The van der Waals surface area contributed by atoms with Crippen molar-refractivity contribution in [3.05, 3.63) is 0 Å². The average Bonchev–Trinajstić information content (AvgIpc) is 2.14. The zero-order chi connectivity index (χ0) is 12.3. The lowest BCUT2D eigenvalue weighted by Gasteiger charge is -2.39. The highest BCUT2D eigenvalue weighted by Gasteiger charge is 2.33. The molecule has 94 valence electrons. The maximum absolute atomic E-state index is 12.2. The maximum Gasteiger partial charge on any atom is 0.228 e. The van der Waals surface area contributed by atoms with Crippen molar-refractivity contribution in [1.82, 2.24) is 4.90 Å². The summed E-state index contributed by atoms with van der Waals surface area (Å²) in [6, 6.07) is 0. The summed E-state index contributed by atoms with van der Waals surface area (Å²) in [7, 11) is 0. The molecule has 0 aliphatic carbocycles. The Morgan fingerprint density at radius 2 is 2.00 bits per heavy atom. The van der Waals surface area contributed by atoms with Crippen molar-refractivity contribution in [2.24, 2.45) is 5.41 Å². The van der Waals surface area contributed by atoms with Crippen molar-refractivity contribution < 1.29 is 9.53 Å². The van der Waals surface area contributed by atoms with Gasteiger partial charge in [0.1, 0.15) is 0 Å². The van der Waals surface area contributed by atoms with Gasteiger partial charge in [-0.15, -0.1) is 0 Å². The fourth-order valence-corrected chi connectivity index (χ4v) is 2.17. The van der Waals surface area contributed by atoms with E-state index in [-0.39, 0.29) is 23.5 Å². The van der Waals surface area contributed by atoms with Crippen LogP contribution < -0.4 is 0 Å². The molecule has 1 rings (SSSR count). The summed E-state index contributed by atoms with van der Waals surface area (Å²) >= 11 is 0. The van der Waals surface area contributed by atoms with Gasteiger partial charge in [0.2, 0.25) is 5.91 Å². The van der Waals surface area contributed by atoms with E-state index in [1.54, 1.807) is 0 Å². The van der Waals surface area contributed by atoms with Crippen LogP contribution in [0.3, 0.4) is 0 Å². The Morgan fingerprint density at radius 1 is 1.38 bits per heavy atom. The molecule has 1 amide bonds. The molecular formula is C13H25NO2. The number of ether oxygens (including phenoxy) is 1. The molecule has 0 aromatic heterocycles. The third-order valence-electron chi connectivity index (χ3n) is 2.87.